The van der Waals surface area contributed by atoms with Gasteiger partial charge in [0.15, 0.2) is 23.0 Å². The van der Waals surface area contributed by atoms with E-state index in [1.54, 1.807) is 6.08 Å². The average Bonchev–Trinajstić information content (AvgIpc) is 3.25. The van der Waals surface area contributed by atoms with Gasteiger partial charge in [-0.25, -0.2) is 5.43 Å². The van der Waals surface area contributed by atoms with Crippen LogP contribution in [0.3, 0.4) is 0 Å². The Morgan fingerprint density at radius 3 is 2.57 bits per heavy atom. The fourth-order valence-electron chi connectivity index (χ4n) is 3.27. The van der Waals surface area contributed by atoms with Gasteiger partial charge in [0, 0.05) is 6.21 Å². The molecule has 0 spiro atoms. The summed E-state index contributed by atoms with van der Waals surface area (Å²) in [5.41, 5.74) is 3.41. The lowest BCUT2D eigenvalue weighted by molar-refractivity contribution is -0.130. The van der Waals surface area contributed by atoms with Gasteiger partial charge in [0.1, 0.15) is 6.61 Å². The summed E-state index contributed by atoms with van der Waals surface area (Å²) >= 11 is 0. The Morgan fingerprint density at radius 2 is 1.70 bits per heavy atom. The number of nitrogens with zero attached hydrogens (tertiary/aromatic N) is 1. The van der Waals surface area contributed by atoms with E-state index in [0.717, 1.165) is 22.1 Å². The zero-order chi connectivity index (χ0) is 20.3. The largest absolute Gasteiger partial charge is 0.485 e. The molecule has 3 aromatic rings. The number of allylic oxidation sites excluding steroid dienone is 1. The van der Waals surface area contributed by atoms with Crippen LogP contribution in [-0.2, 0) is 4.79 Å². The number of ether oxygens (including phenoxy) is 4. The zero-order valence-electron chi connectivity index (χ0n) is 15.9. The molecule has 0 saturated heterocycles. The highest BCUT2D eigenvalue weighted by Gasteiger charge is 2.27. The lowest BCUT2D eigenvalue weighted by Gasteiger charge is -2.25. The van der Waals surface area contributed by atoms with Crippen LogP contribution in [0.15, 0.2) is 65.8 Å². The first-order valence-electron chi connectivity index (χ1n) is 9.48. The average molecular weight is 402 g/mol. The number of rotatable bonds is 4. The maximum Gasteiger partial charge on any atom is 0.284 e. The van der Waals surface area contributed by atoms with Gasteiger partial charge in [0.2, 0.25) is 12.9 Å². The molecular formula is C23H18N2O5. The highest BCUT2D eigenvalue weighted by Crippen LogP contribution is 2.36. The van der Waals surface area contributed by atoms with Crippen LogP contribution in [0.4, 0.5) is 0 Å². The Morgan fingerprint density at radius 1 is 0.933 bits per heavy atom. The van der Waals surface area contributed by atoms with Gasteiger partial charge < -0.3 is 18.9 Å². The third-order valence-corrected chi connectivity index (χ3v) is 4.78. The highest BCUT2D eigenvalue weighted by molar-refractivity contribution is 5.87. The molecule has 0 fully saturated rings. The van der Waals surface area contributed by atoms with E-state index >= 15 is 0 Å². The van der Waals surface area contributed by atoms with E-state index in [9.17, 15) is 4.79 Å². The predicted molar refractivity (Wildman–Crippen MR) is 112 cm³/mol. The first-order chi connectivity index (χ1) is 14.8. The number of fused-ring (bicyclic) bond motifs is 3. The molecule has 3 aromatic carbocycles. The van der Waals surface area contributed by atoms with Crippen molar-refractivity contribution in [3.63, 3.8) is 0 Å². The Labute approximate surface area is 172 Å². The second-order valence-electron chi connectivity index (χ2n) is 6.79. The Balaban J connectivity index is 1.18. The summed E-state index contributed by atoms with van der Waals surface area (Å²) in [4.78, 5) is 12.3. The third kappa shape index (κ3) is 3.65. The van der Waals surface area contributed by atoms with Gasteiger partial charge in [0.25, 0.3) is 5.91 Å². The van der Waals surface area contributed by atoms with Crippen LogP contribution < -0.4 is 24.4 Å². The van der Waals surface area contributed by atoms with E-state index in [4.69, 9.17) is 18.9 Å². The number of hydrazone groups is 1. The minimum atomic E-state index is -0.770. The van der Waals surface area contributed by atoms with Crippen LogP contribution in [0.5, 0.6) is 23.0 Å². The van der Waals surface area contributed by atoms with Gasteiger partial charge >= 0.3 is 0 Å². The van der Waals surface area contributed by atoms with E-state index in [0.29, 0.717) is 17.2 Å². The smallest absolute Gasteiger partial charge is 0.284 e. The summed E-state index contributed by atoms with van der Waals surface area (Å²) < 4.78 is 22.2. The van der Waals surface area contributed by atoms with Gasteiger partial charge in [0.05, 0.1) is 0 Å². The van der Waals surface area contributed by atoms with Gasteiger partial charge in [-0.15, -0.1) is 0 Å². The molecule has 2 aliphatic rings. The van der Waals surface area contributed by atoms with Gasteiger partial charge in [-0.05, 0) is 46.7 Å². The Kier molecular flexibility index (Phi) is 4.69. The molecular weight excluding hydrogens is 384 g/mol. The summed E-state index contributed by atoms with van der Waals surface area (Å²) in [5.74, 6) is 2.25. The van der Waals surface area contributed by atoms with Crippen molar-refractivity contribution in [3.05, 3.63) is 66.2 Å². The maximum absolute atomic E-state index is 12.3. The second kappa shape index (κ2) is 7.79. The topological polar surface area (TPSA) is 78.4 Å². The second-order valence-corrected chi connectivity index (χ2v) is 6.79. The van der Waals surface area contributed by atoms with Crippen LogP contribution >= 0.6 is 0 Å². The lowest BCUT2D eigenvalue weighted by Crippen LogP contribution is -2.42. The van der Waals surface area contributed by atoms with Gasteiger partial charge in [-0.1, -0.05) is 36.4 Å². The molecule has 1 N–H and O–H groups in total. The first kappa shape index (κ1) is 18.1. The van der Waals surface area contributed by atoms with Crippen LogP contribution in [-0.4, -0.2) is 31.6 Å². The van der Waals surface area contributed by atoms with E-state index in [-0.39, 0.29) is 19.3 Å². The molecule has 7 heteroatoms. The molecule has 150 valence electrons. The third-order valence-electron chi connectivity index (χ3n) is 4.78. The van der Waals surface area contributed by atoms with Crippen LogP contribution in [0.1, 0.15) is 5.56 Å². The lowest BCUT2D eigenvalue weighted by atomic mass is 10.1. The molecule has 7 nitrogen and oxygen atoms in total. The quantitative estimate of drug-likeness (QED) is 0.534. The summed E-state index contributed by atoms with van der Waals surface area (Å²) in [6, 6.07) is 17.3. The van der Waals surface area contributed by atoms with Crippen LogP contribution in [0.2, 0.25) is 0 Å². The highest BCUT2D eigenvalue weighted by atomic mass is 16.7. The molecule has 0 radical (unpaired) electrons. The number of nitrogens with one attached hydrogen (secondary N) is 1. The molecule has 1 atom stereocenters. The van der Waals surface area contributed by atoms with Crippen LogP contribution in [0, 0.1) is 0 Å². The fourth-order valence-corrected chi connectivity index (χ4v) is 3.27. The van der Waals surface area contributed by atoms with Crippen molar-refractivity contribution in [1.29, 1.82) is 0 Å². The summed E-state index contributed by atoms with van der Waals surface area (Å²) in [6.45, 7) is 0.364. The minimum absolute atomic E-state index is 0.125. The Bertz CT molecular complexity index is 1170. The number of carbonyl (C=O) groups excluding carboxylic acids is 1. The normalized spacial score (nSPS) is 17.0. The number of benzene rings is 3. The molecule has 0 saturated carbocycles. The molecule has 0 bridgehead atoms. The summed E-state index contributed by atoms with van der Waals surface area (Å²) in [7, 11) is 0. The maximum atomic E-state index is 12.3. The SMILES string of the molecule is O=C(N/N=C\C=C\c1ccc2c(c1)OCO2)C1COc2cc3ccccc3cc2O1. The van der Waals surface area contributed by atoms with Crippen molar-refractivity contribution >= 4 is 29.0 Å². The van der Waals surface area contributed by atoms with Crippen LogP contribution in [0.25, 0.3) is 16.8 Å². The van der Waals surface area contributed by atoms with E-state index in [1.165, 1.54) is 6.21 Å². The summed E-state index contributed by atoms with van der Waals surface area (Å²) in [5, 5.41) is 6.02. The van der Waals surface area contributed by atoms with E-state index < -0.39 is 6.10 Å². The van der Waals surface area contributed by atoms with E-state index in [1.807, 2.05) is 60.7 Å². The molecule has 0 aromatic heterocycles. The summed E-state index contributed by atoms with van der Waals surface area (Å²) in [6.07, 6.45) is 4.29. The molecule has 2 heterocycles. The monoisotopic (exact) mass is 402 g/mol. The first-order valence-corrected chi connectivity index (χ1v) is 9.48. The van der Waals surface area contributed by atoms with Crippen molar-refractivity contribution in [2.24, 2.45) is 5.10 Å². The van der Waals surface area contributed by atoms with Crippen molar-refractivity contribution in [3.8, 4) is 23.0 Å². The number of amides is 1. The molecule has 0 aliphatic carbocycles. The van der Waals surface area contributed by atoms with Gasteiger partial charge in [-0.2, -0.15) is 5.10 Å². The van der Waals surface area contributed by atoms with E-state index in [2.05, 4.69) is 10.5 Å². The van der Waals surface area contributed by atoms with Crippen molar-refractivity contribution in [1.82, 2.24) is 5.43 Å². The molecule has 2 aliphatic heterocycles. The standard InChI is InChI=1S/C23H18N2O5/c26-23(25-24-9-3-4-15-7-8-18-19(10-15)29-14-28-18)22-13-27-20-11-16-5-1-2-6-17(16)12-21(20)30-22/h1-12,22H,13-14H2,(H,25,26)/b4-3+,24-9-. The molecule has 30 heavy (non-hydrogen) atoms. The number of hydrogen-bond donors (Lipinski definition) is 1. The molecule has 5 rings (SSSR count). The Hall–Kier alpha value is -4.00. The number of carbonyl (C=O) groups is 1. The fraction of sp³-hybridized carbons (Fsp3) is 0.130. The molecule has 1 amide bonds. The minimum Gasteiger partial charge on any atom is -0.485 e. The van der Waals surface area contributed by atoms with Crippen molar-refractivity contribution in [2.75, 3.05) is 13.4 Å². The zero-order valence-corrected chi connectivity index (χ0v) is 15.9. The van der Waals surface area contributed by atoms with Crippen molar-refractivity contribution in [2.45, 2.75) is 6.10 Å². The number of hydrogen-bond acceptors (Lipinski definition) is 6. The van der Waals surface area contributed by atoms with Gasteiger partial charge in [-0.3, -0.25) is 4.79 Å². The molecule has 1 unspecified atom stereocenters. The van der Waals surface area contributed by atoms with Crippen molar-refractivity contribution < 1.29 is 23.7 Å². The predicted octanol–water partition coefficient (Wildman–Crippen LogP) is 3.52.